The molecule has 4 unspecified atom stereocenters. The van der Waals surface area contributed by atoms with E-state index in [1.807, 2.05) is 122 Å². The summed E-state index contributed by atoms with van der Waals surface area (Å²) in [6.07, 6.45) is 13.7. The molecule has 2 aromatic carbocycles. The number of rotatable bonds is 28. The third kappa shape index (κ3) is 27.5. The average Bonchev–Trinajstić information content (AvgIpc) is 1.65. The van der Waals surface area contributed by atoms with Crippen LogP contribution in [0.15, 0.2) is 103 Å². The fraction of sp³-hybridized carbons (Fsp3) is 0.565. The first-order valence-electron chi connectivity index (χ1n) is 51.8. The van der Waals surface area contributed by atoms with Crippen molar-refractivity contribution < 1.29 is 71.4 Å². The van der Waals surface area contributed by atoms with Crippen molar-refractivity contribution >= 4 is 70.5 Å². The van der Waals surface area contributed by atoms with Gasteiger partial charge < -0.3 is 54.4 Å². The van der Waals surface area contributed by atoms with Crippen LogP contribution < -0.4 is 15.4 Å². The van der Waals surface area contributed by atoms with E-state index in [2.05, 4.69) is 146 Å². The second kappa shape index (κ2) is 47.7. The summed E-state index contributed by atoms with van der Waals surface area (Å²) in [5.74, 6) is 2.50. The quantitative estimate of drug-likeness (QED) is 0.0226. The lowest BCUT2D eigenvalue weighted by atomic mass is 9.93. The molecule has 0 spiro atoms. The molecule has 0 bridgehead atoms. The molecule has 37 heteroatoms. The molecule has 7 atom stereocenters. The molecule has 9 fully saturated rings. The molecular formula is C108H145FN22O14. The van der Waals surface area contributed by atoms with Gasteiger partial charge in [0.05, 0.1) is 24.3 Å². The summed E-state index contributed by atoms with van der Waals surface area (Å²) < 4.78 is 24.6. The van der Waals surface area contributed by atoms with E-state index in [4.69, 9.17) is 9.47 Å². The summed E-state index contributed by atoms with van der Waals surface area (Å²) in [6.45, 7) is 41.4. The number of H-pyrrole nitrogens is 6. The standard InChI is InChI=1S/C21H28N4O3.C20H24N4O2.C17H20FN5O2.2C17H25N3O2.C16H23N3O3/c1-13(2)17-11-18(24-23-17)21(27)25-10-9-15(12-25)22-20(26)16-7-5-6-8-19(16)28-14(3)4;1-13(2)17-11-18(22-21-17)20(26)23-9-8-15(12-23)24-10-7-14-5-3-4-6-16(14)19(24)25;1-10(2)13-8-14(22-21-13)17(25)23-7-5-11(9-23)20-16(24)15-12(18)4-3-6-19-15;2*1-11(2)13-9-14(19-18-13)16(22)20-7-4-12(10-20)8-15(21)17(3)5-6-17;1-10(2)12-8-13(18-17-12)16(21)19-5-3-11(9-19)7-14(20)15-4-6-22-15/h5-8,11,13-15H,9-10,12H2,1-4H3,(H,22,26)(H,23,24);3-6,11,13,15H,7-10,12H2,1-2H3,(H,21,22);3-4,6,8,10-11H,5,7,9H2,1-2H3,(H,20,24)(H,21,22);2*9,11-12H,4-8,10H2,1-3H3,(H,18,19);8,10-11,15H,3-7,9H2,1-2H3,(H,17,18)/t;;;2*12-;11-,15?/m...100/s1. The Bertz CT molecular complexity index is 5960. The SMILES string of the molecule is CC(C)Oc1ccccc1C(=O)NC1CCN(C(=O)c2cc(C(C)C)[nH]n2)C1.CC(C)c1cc(C(=O)N2CCC(N3CCc4ccccc4C3=O)C2)n[nH]1.CC(C)c1cc(C(=O)N2CCC(NC(=O)c3ncccc3F)C2)n[nH]1.CC(C)c1cc(C(=O)N2CC[C@@H](CC(=O)C3(C)CC3)C2)n[nH]1.CC(C)c1cc(C(=O)N2CC[C@@H](CC(=O)C3CCO3)C2)n[nH]1.CC(C)c1cc(C(=O)N2CC[C@H](CC(=O)C3(C)CC3)C2)n[nH]1. The van der Waals surface area contributed by atoms with Gasteiger partial charge in [0, 0.05) is 180 Å². The zero-order chi connectivity index (χ0) is 104. The Morgan fingerprint density at radius 2 is 0.772 bits per heavy atom. The van der Waals surface area contributed by atoms with Gasteiger partial charge in [-0.2, -0.15) is 30.6 Å². The molecule has 15 heterocycles. The molecule has 8 aliphatic heterocycles. The molecule has 145 heavy (non-hydrogen) atoms. The first-order valence-corrected chi connectivity index (χ1v) is 51.8. The first-order chi connectivity index (χ1) is 69.2. The van der Waals surface area contributed by atoms with Gasteiger partial charge in [-0.3, -0.25) is 88.1 Å². The number of amides is 9. The predicted molar refractivity (Wildman–Crippen MR) is 541 cm³/mol. The minimum Gasteiger partial charge on any atom is -0.490 e. The highest BCUT2D eigenvalue weighted by atomic mass is 19.1. The van der Waals surface area contributed by atoms with Crippen molar-refractivity contribution in [3.63, 3.8) is 0 Å². The summed E-state index contributed by atoms with van der Waals surface area (Å²) in [7, 11) is 0. The molecule has 0 radical (unpaired) electrons. The zero-order valence-electron chi connectivity index (χ0n) is 86.8. The number of hydrogen-bond acceptors (Lipinski definition) is 21. The normalized spacial score (nSPS) is 20.5. The predicted octanol–water partition coefficient (Wildman–Crippen LogP) is 14.4. The van der Waals surface area contributed by atoms with E-state index in [0.717, 1.165) is 129 Å². The van der Waals surface area contributed by atoms with Gasteiger partial charge in [0.1, 0.15) is 57.6 Å². The molecule has 10 aliphatic rings. The van der Waals surface area contributed by atoms with Gasteiger partial charge in [0.2, 0.25) is 0 Å². The summed E-state index contributed by atoms with van der Waals surface area (Å²) in [5, 5.41) is 48.0. The Hall–Kier alpha value is -13.2. The van der Waals surface area contributed by atoms with Crippen molar-refractivity contribution in [3.05, 3.63) is 200 Å². The fourth-order valence-electron chi connectivity index (χ4n) is 19.0. The molecule has 7 aromatic heterocycles. The number of ketones is 3. The van der Waals surface area contributed by atoms with Crippen LogP contribution in [-0.4, -0.2) is 293 Å². The number of benzene rings is 2. The molecule has 778 valence electrons. The lowest BCUT2D eigenvalue weighted by Gasteiger charge is -2.33. The molecule has 9 aromatic rings. The van der Waals surface area contributed by atoms with Crippen LogP contribution in [0, 0.1) is 34.4 Å². The van der Waals surface area contributed by atoms with Crippen LogP contribution in [0.4, 0.5) is 4.39 Å². The van der Waals surface area contributed by atoms with Crippen LogP contribution in [-0.2, 0) is 25.5 Å². The first kappa shape index (κ1) is 108. The number of para-hydroxylation sites is 1. The third-order valence-corrected chi connectivity index (χ3v) is 29.3. The Morgan fingerprint density at radius 3 is 1.14 bits per heavy atom. The lowest BCUT2D eigenvalue weighted by Crippen LogP contribution is -2.46. The second-order valence-electron chi connectivity index (χ2n) is 43.1. The van der Waals surface area contributed by atoms with E-state index in [-0.39, 0.29) is 118 Å². The van der Waals surface area contributed by atoms with E-state index in [1.165, 1.54) is 18.3 Å². The van der Waals surface area contributed by atoms with Gasteiger partial charge in [-0.1, -0.05) is 127 Å². The van der Waals surface area contributed by atoms with Crippen LogP contribution >= 0.6 is 0 Å². The molecule has 8 N–H and O–H groups in total. The largest absolute Gasteiger partial charge is 0.490 e. The van der Waals surface area contributed by atoms with E-state index in [9.17, 15) is 61.9 Å². The van der Waals surface area contributed by atoms with Crippen LogP contribution in [0.5, 0.6) is 5.75 Å². The number of likely N-dealkylation sites (tertiary alicyclic amines) is 6. The Morgan fingerprint density at radius 1 is 0.421 bits per heavy atom. The minimum absolute atomic E-state index is 0.0156. The fourth-order valence-corrected chi connectivity index (χ4v) is 19.0. The van der Waals surface area contributed by atoms with E-state index < -0.39 is 11.7 Å². The number of ether oxygens (including phenoxy) is 2. The monoisotopic (exact) mass is 1990 g/mol. The van der Waals surface area contributed by atoms with Gasteiger partial charge in [-0.25, -0.2) is 9.37 Å². The van der Waals surface area contributed by atoms with E-state index >= 15 is 0 Å². The number of nitrogens with zero attached hydrogens (tertiary/aromatic N) is 14. The van der Waals surface area contributed by atoms with Crippen LogP contribution in [0.1, 0.15) is 370 Å². The lowest BCUT2D eigenvalue weighted by molar-refractivity contribution is -0.143. The molecule has 9 amide bonds. The van der Waals surface area contributed by atoms with Crippen molar-refractivity contribution in [1.82, 2.24) is 111 Å². The zero-order valence-corrected chi connectivity index (χ0v) is 86.8. The minimum atomic E-state index is -0.663. The van der Waals surface area contributed by atoms with Gasteiger partial charge in [-0.05, 0) is 210 Å². The maximum absolute atomic E-state index is 13.6. The number of halogens is 1. The summed E-state index contributed by atoms with van der Waals surface area (Å²) in [6, 6.07) is 28.3. The van der Waals surface area contributed by atoms with Crippen molar-refractivity contribution in [1.29, 1.82) is 0 Å². The molecule has 2 saturated carbocycles. The Balaban J connectivity index is 0.000000138. The maximum Gasteiger partial charge on any atom is 0.274 e. The van der Waals surface area contributed by atoms with E-state index in [1.54, 1.807) is 39.0 Å². The number of fused-ring (bicyclic) bond motifs is 1. The van der Waals surface area contributed by atoms with Crippen LogP contribution in [0.2, 0.25) is 0 Å². The van der Waals surface area contributed by atoms with Gasteiger partial charge >= 0.3 is 0 Å². The number of Topliss-reactive ketones (excluding diaryl/α,β-unsaturated/α-hetero) is 3. The van der Waals surface area contributed by atoms with Crippen molar-refractivity contribution in [2.45, 2.75) is 273 Å². The van der Waals surface area contributed by atoms with Crippen LogP contribution in [0.3, 0.4) is 0 Å². The smallest absolute Gasteiger partial charge is 0.274 e. The van der Waals surface area contributed by atoms with Gasteiger partial charge in [-0.15, -0.1) is 0 Å². The highest BCUT2D eigenvalue weighted by Gasteiger charge is 2.48. The van der Waals surface area contributed by atoms with Crippen molar-refractivity contribution in [2.75, 3.05) is 91.7 Å². The summed E-state index contributed by atoms with van der Waals surface area (Å²) in [4.78, 5) is 166. The van der Waals surface area contributed by atoms with E-state index in [0.29, 0.717) is 197 Å². The number of aromatic nitrogens is 13. The number of carbonyl (C=O) groups excluding carboxylic acids is 12. The van der Waals surface area contributed by atoms with Crippen molar-refractivity contribution in [2.24, 2.45) is 28.6 Å². The Labute approximate surface area is 847 Å². The second-order valence-corrected chi connectivity index (χ2v) is 43.1. The summed E-state index contributed by atoms with van der Waals surface area (Å²) >= 11 is 0. The highest BCUT2D eigenvalue weighted by Crippen LogP contribution is 2.49. The molecule has 36 nitrogen and oxygen atoms in total. The number of aromatic amines is 6. The third-order valence-electron chi connectivity index (χ3n) is 29.3. The van der Waals surface area contributed by atoms with Crippen molar-refractivity contribution in [3.8, 4) is 5.75 Å². The summed E-state index contributed by atoms with van der Waals surface area (Å²) in [5.41, 5.74) is 10.5. The topological polar surface area (TPSA) is 455 Å². The van der Waals surface area contributed by atoms with Crippen LogP contribution in [0.25, 0.3) is 0 Å². The number of hydrogen-bond donors (Lipinski definition) is 8. The van der Waals surface area contributed by atoms with Gasteiger partial charge in [0.15, 0.2) is 17.3 Å². The number of carbonyl (C=O) groups is 12. The molecular weight excluding hydrogens is 1850 g/mol. The molecule has 19 rings (SSSR count). The average molecular weight is 1990 g/mol. The molecule has 2 aliphatic carbocycles. The molecule has 7 saturated heterocycles. The number of pyridine rings is 1. The van der Waals surface area contributed by atoms with Gasteiger partial charge in [0.25, 0.3) is 53.2 Å². The Kier molecular flexibility index (Phi) is 35.4. The maximum atomic E-state index is 13.6. The number of nitrogens with one attached hydrogen (secondary N) is 8. The highest BCUT2D eigenvalue weighted by molar-refractivity contribution is 6.00.